The van der Waals surface area contributed by atoms with E-state index >= 15 is 0 Å². The van der Waals surface area contributed by atoms with Crippen LogP contribution in [-0.4, -0.2) is 94.4 Å². The Labute approximate surface area is 381 Å². The highest BCUT2D eigenvalue weighted by Gasteiger charge is 2.60. The highest BCUT2D eigenvalue weighted by atomic mass is 32.2. The number of hydrogen-bond donors (Lipinski definition) is 4. The van der Waals surface area contributed by atoms with Crippen LogP contribution in [0.25, 0.3) is 12.2 Å². The Bertz CT molecular complexity index is 2740. The molecule has 8 rings (SSSR count). The molecule has 4 aliphatic heterocycles. The van der Waals surface area contributed by atoms with Crippen molar-refractivity contribution in [3.63, 3.8) is 0 Å². The maximum absolute atomic E-state index is 14.0. The summed E-state index contributed by atoms with van der Waals surface area (Å²) in [5, 5.41) is 25.6. The van der Waals surface area contributed by atoms with Crippen molar-refractivity contribution in [2.24, 2.45) is 23.7 Å². The van der Waals surface area contributed by atoms with Crippen LogP contribution in [0.15, 0.2) is 94.5 Å². The minimum Gasteiger partial charge on any atom is -0.396 e. The lowest BCUT2D eigenvalue weighted by Crippen LogP contribution is -2.50. The third-order valence-corrected chi connectivity index (χ3v) is 15.4. The molecule has 0 unspecified atom stereocenters. The van der Waals surface area contributed by atoms with E-state index in [1.54, 1.807) is 74.5 Å². The van der Waals surface area contributed by atoms with Crippen molar-refractivity contribution in [2.45, 2.75) is 64.2 Å². The van der Waals surface area contributed by atoms with E-state index < -0.39 is 105 Å². The highest BCUT2D eigenvalue weighted by molar-refractivity contribution is 7.88. The zero-order chi connectivity index (χ0) is 47.8. The molecular weight excluding hydrogens is 899 g/mol. The molecule has 4 N–H and O–H groups in total. The van der Waals surface area contributed by atoms with Crippen LogP contribution < -0.4 is 21.8 Å². The van der Waals surface area contributed by atoms with Gasteiger partial charge in [-0.1, -0.05) is 60.7 Å². The van der Waals surface area contributed by atoms with Gasteiger partial charge in [0.1, 0.15) is 23.7 Å². The first-order valence-electron chi connectivity index (χ1n) is 21.3. The minimum atomic E-state index is -3.90. The van der Waals surface area contributed by atoms with Gasteiger partial charge in [-0.15, -0.1) is 0 Å². The summed E-state index contributed by atoms with van der Waals surface area (Å²) < 4.78 is 84.6. The van der Waals surface area contributed by atoms with Crippen LogP contribution in [0.4, 0.5) is 8.78 Å². The van der Waals surface area contributed by atoms with E-state index in [2.05, 4.69) is 10.6 Å². The first-order valence-corrected chi connectivity index (χ1v) is 25.0. The average molecular weight is 951 g/mol. The van der Waals surface area contributed by atoms with Gasteiger partial charge in [-0.05, 0) is 50.2 Å². The van der Waals surface area contributed by atoms with Crippen LogP contribution in [0.2, 0.25) is 0 Å². The number of rotatable bonds is 12. The van der Waals surface area contributed by atoms with Crippen molar-refractivity contribution in [1.29, 1.82) is 0 Å². The number of nitrogens with one attached hydrogen (secondary N) is 2. The van der Waals surface area contributed by atoms with E-state index in [-0.39, 0.29) is 48.4 Å². The summed E-state index contributed by atoms with van der Waals surface area (Å²) in [7, 11) is -7.81. The summed E-state index contributed by atoms with van der Waals surface area (Å²) >= 11 is 0. The number of aliphatic hydroxyl groups excluding tert-OH is 2. The Balaban J connectivity index is 0.000000196. The van der Waals surface area contributed by atoms with E-state index in [9.17, 15) is 55.0 Å². The molecule has 6 heterocycles. The number of halogens is 2. The zero-order valence-corrected chi connectivity index (χ0v) is 38.3. The zero-order valence-electron chi connectivity index (χ0n) is 36.6. The quantitative estimate of drug-likeness (QED) is 0.163. The molecule has 0 saturated carbocycles. The van der Waals surface area contributed by atoms with Crippen LogP contribution in [0.5, 0.6) is 0 Å². The molecule has 0 spiro atoms. The second kappa shape index (κ2) is 19.3. The summed E-state index contributed by atoms with van der Waals surface area (Å²) in [5.41, 5.74) is 1.99. The van der Waals surface area contributed by atoms with E-state index in [1.807, 2.05) is 0 Å². The van der Waals surface area contributed by atoms with E-state index in [4.69, 9.17) is 0 Å². The Morgan fingerprint density at radius 1 is 0.636 bits per heavy atom. The molecule has 8 atom stereocenters. The fourth-order valence-corrected chi connectivity index (χ4v) is 12.8. The molecule has 4 aromatic rings. The van der Waals surface area contributed by atoms with Crippen molar-refractivity contribution in [2.75, 3.05) is 25.7 Å². The molecule has 2 saturated heterocycles. The molecule has 4 aliphatic rings. The number of aromatic nitrogens is 2. The highest BCUT2D eigenvalue weighted by Crippen LogP contribution is 2.51. The Hall–Kier alpha value is -5.64. The Morgan fingerprint density at radius 2 is 1.00 bits per heavy atom. The molecule has 0 radical (unpaired) electrons. The van der Waals surface area contributed by atoms with Gasteiger partial charge in [-0.2, -0.15) is 8.61 Å². The lowest BCUT2D eigenvalue weighted by Gasteiger charge is -2.28. The Morgan fingerprint density at radius 3 is 1.32 bits per heavy atom. The number of benzene rings is 2. The largest absolute Gasteiger partial charge is 0.396 e. The summed E-state index contributed by atoms with van der Waals surface area (Å²) in [6.07, 6.45) is 8.87. The lowest BCUT2D eigenvalue weighted by atomic mass is 9.88. The normalized spacial score (nSPS) is 24.7. The smallest absolute Gasteiger partial charge is 0.258 e. The second-order valence-electron chi connectivity index (χ2n) is 16.9. The third-order valence-electron chi connectivity index (χ3n) is 12.9. The number of nitrogens with zero attached hydrogens (tertiary/aromatic N) is 4. The van der Waals surface area contributed by atoms with E-state index in [0.29, 0.717) is 22.5 Å². The molecule has 66 heavy (non-hydrogen) atoms. The standard InChI is InChI=1S/2C23H26FN3O5S/c2*1-3-6-14-9-10-19-20-16(12-26(19)23(14)30)17(13-28)21(27(20)33(2,31)32)22(29)25-11-15-7-4-5-8-18(15)24/h2*3-10,16-17,20-21,28H,11-13H2,1-2H3,(H,25,29)/b6-3+;6-3-/t2*16-,17-,20+,21-/m00/s1. The van der Waals surface area contributed by atoms with Crippen LogP contribution in [0.3, 0.4) is 0 Å². The number of carbonyl (C=O) groups excluding carboxylic acids is 2. The fraction of sp³-hybridized carbons (Fsp3) is 0.391. The van der Waals surface area contributed by atoms with Gasteiger partial charge < -0.3 is 30.0 Å². The monoisotopic (exact) mass is 950 g/mol. The molecule has 2 aromatic carbocycles. The number of amides is 2. The van der Waals surface area contributed by atoms with E-state index in [0.717, 1.165) is 21.1 Å². The van der Waals surface area contributed by atoms with E-state index in [1.165, 1.54) is 45.5 Å². The number of aliphatic hydroxyl groups is 2. The second-order valence-corrected chi connectivity index (χ2v) is 20.6. The summed E-state index contributed by atoms with van der Waals surface area (Å²) in [4.78, 5) is 52.2. The number of pyridine rings is 2. The van der Waals surface area contributed by atoms with Gasteiger partial charge in [0.15, 0.2) is 0 Å². The molecule has 2 amide bonds. The minimum absolute atomic E-state index is 0.115. The van der Waals surface area contributed by atoms with Crippen molar-refractivity contribution < 1.29 is 45.4 Å². The van der Waals surface area contributed by atoms with Crippen molar-refractivity contribution in [1.82, 2.24) is 28.4 Å². The molecular formula is C46H52F2N6O10S2. The van der Waals surface area contributed by atoms with Crippen molar-refractivity contribution in [3.8, 4) is 0 Å². The average Bonchev–Trinajstić information content (AvgIpc) is 4.01. The molecule has 0 bridgehead atoms. The first-order chi connectivity index (χ1) is 31.4. The summed E-state index contributed by atoms with van der Waals surface area (Å²) in [6.45, 7) is 2.88. The molecule has 2 aromatic heterocycles. The van der Waals surface area contributed by atoms with Crippen molar-refractivity contribution in [3.05, 3.63) is 151 Å². The van der Waals surface area contributed by atoms with Crippen LogP contribution >= 0.6 is 0 Å². The van der Waals surface area contributed by atoms with Gasteiger partial charge in [0, 0.05) is 96.7 Å². The van der Waals surface area contributed by atoms with Gasteiger partial charge >= 0.3 is 0 Å². The number of fused-ring (bicyclic) bond motifs is 6. The number of allylic oxidation sites excluding steroid dienone is 2. The van der Waals surface area contributed by atoms with Crippen LogP contribution in [0, 0.1) is 35.3 Å². The van der Waals surface area contributed by atoms with Gasteiger partial charge in [-0.3, -0.25) is 19.2 Å². The number of sulfonamides is 2. The predicted octanol–water partition coefficient (Wildman–Crippen LogP) is 2.52. The molecule has 20 heteroatoms. The summed E-state index contributed by atoms with van der Waals surface area (Å²) in [5.74, 6) is -4.56. The van der Waals surface area contributed by atoms with Gasteiger partial charge in [-0.25, -0.2) is 25.6 Å². The third kappa shape index (κ3) is 8.96. The molecule has 2 fully saturated rings. The van der Waals surface area contributed by atoms with Crippen LogP contribution in [0.1, 0.15) is 59.6 Å². The SMILES string of the molecule is C/C=C/c1ccc2n(c1=O)C[C@H]1[C@H](CO)[C@@H](C(=O)NCc3ccccc3F)N(S(C)(=O)=O)[C@@H]21.C/C=C\c1ccc2n(c1=O)C[C@H]1[C@H](CO)[C@@H](C(=O)NCc3ccccc3F)N(S(C)(=O)=O)[C@@H]21. The van der Waals surface area contributed by atoms with Crippen molar-refractivity contribution >= 4 is 44.0 Å². The maximum Gasteiger partial charge on any atom is 0.258 e. The molecule has 352 valence electrons. The fourth-order valence-electron chi connectivity index (χ4n) is 10.1. The van der Waals surface area contributed by atoms with Gasteiger partial charge in [0.25, 0.3) is 11.1 Å². The van der Waals surface area contributed by atoms with Crippen LogP contribution in [-0.2, 0) is 55.8 Å². The lowest BCUT2D eigenvalue weighted by molar-refractivity contribution is -0.127. The Kier molecular flexibility index (Phi) is 14.1. The number of carbonyl (C=O) groups is 2. The number of hydrogen-bond acceptors (Lipinski definition) is 10. The topological polar surface area (TPSA) is 217 Å². The molecule has 0 aliphatic carbocycles. The van der Waals surface area contributed by atoms with Gasteiger partial charge in [0.05, 0.1) is 24.6 Å². The maximum atomic E-state index is 14.0. The first kappa shape index (κ1) is 48.3. The predicted molar refractivity (Wildman–Crippen MR) is 242 cm³/mol. The summed E-state index contributed by atoms with van der Waals surface area (Å²) in [6, 6.07) is 14.8. The van der Waals surface area contributed by atoms with Gasteiger partial charge in [0.2, 0.25) is 31.9 Å². The molecule has 16 nitrogen and oxygen atoms in total.